The van der Waals surface area contributed by atoms with Crippen LogP contribution in [-0.4, -0.2) is 95.9 Å². The first kappa shape index (κ1) is 99.9. The first-order valence-electron chi connectivity index (χ1n) is 40.4. The lowest BCUT2D eigenvalue weighted by Gasteiger charge is -2.21. The Kier molecular flexibility index (Phi) is 74.7. The third-order valence-corrected chi connectivity index (χ3v) is 18.3. The Morgan fingerprint density at radius 1 is 0.276 bits per heavy atom. The summed E-state index contributed by atoms with van der Waals surface area (Å²) in [6.07, 6.45) is 99.8. The molecular formula is C87H144O16P2. The lowest BCUT2D eigenvalue weighted by molar-refractivity contribution is -0.161. The van der Waals surface area contributed by atoms with Gasteiger partial charge in [0.2, 0.25) is 0 Å². The molecule has 0 aromatic rings. The average Bonchev–Trinajstić information content (AvgIpc) is 0.916. The molecule has 0 saturated heterocycles. The van der Waals surface area contributed by atoms with Gasteiger partial charge in [0.25, 0.3) is 0 Å². The van der Waals surface area contributed by atoms with E-state index in [0.717, 1.165) is 135 Å². The molecule has 0 saturated carbocycles. The lowest BCUT2D eigenvalue weighted by atomic mass is 10.1. The van der Waals surface area contributed by atoms with Crippen LogP contribution in [0.15, 0.2) is 170 Å². The summed E-state index contributed by atoms with van der Waals surface area (Å²) in [7, 11) is -9.83. The molecule has 598 valence electrons. The molecule has 18 heteroatoms. The number of hydrogen-bond acceptors (Lipinski definition) is 14. The van der Waals surface area contributed by atoms with Gasteiger partial charge in [0.1, 0.15) is 25.4 Å². The standard InChI is InChI=1S/C87H144O16P2/c1-4-7-10-13-16-19-22-25-28-31-34-36-38-40-42-44-47-49-52-55-58-61-64-67-70-73-85(90)97-76-82(88)77-99-104(93,94)100-78-83(89)79-101-105(95,96)102-81-84(103-87(92)75-72-69-66-63-60-57-54-51-46-33-30-27-24-21-18-15-12-9-6-3)80-98-86(91)74-71-68-65-62-59-56-53-50-48-45-43-41-39-37-35-32-29-26-23-20-17-14-11-8-5-2/h9,12,16-21,25-30,34-37,40-43,46,51,57,60,66,69,82-84,88-89H,4-8,10-11,13-15,22-24,31-33,38-39,44-45,47-50,52-56,58-59,61-65,67-68,70-81H2,1-3H3,(H,93,94)(H,95,96)/b12-9-,19-16-,20-17-,21-18-,28-25-,29-26-,30-27-,36-34-,37-35-,42-40-,43-41-,51-46-,60-57-,69-66-. The molecule has 0 spiro atoms. The minimum Gasteiger partial charge on any atom is -0.463 e. The molecule has 16 nitrogen and oxygen atoms in total. The van der Waals surface area contributed by atoms with Gasteiger partial charge in [-0.3, -0.25) is 32.5 Å². The molecule has 5 unspecified atom stereocenters. The highest BCUT2D eigenvalue weighted by atomic mass is 31.2. The topological polar surface area (TPSA) is 231 Å². The number of hydrogen-bond donors (Lipinski definition) is 4. The zero-order valence-corrected chi connectivity index (χ0v) is 67.1. The maximum absolute atomic E-state index is 13.0. The smallest absolute Gasteiger partial charge is 0.463 e. The number of carbonyl (C=O) groups excluding carboxylic acids is 3. The van der Waals surface area contributed by atoms with Crippen molar-refractivity contribution in [3.05, 3.63) is 170 Å². The van der Waals surface area contributed by atoms with Gasteiger partial charge in [0.15, 0.2) is 6.10 Å². The Morgan fingerprint density at radius 3 is 0.838 bits per heavy atom. The molecule has 0 aliphatic heterocycles. The van der Waals surface area contributed by atoms with E-state index in [1.165, 1.54) is 103 Å². The van der Waals surface area contributed by atoms with Gasteiger partial charge in [-0.1, -0.05) is 306 Å². The molecule has 0 aromatic heterocycles. The molecule has 0 radical (unpaired) electrons. The van der Waals surface area contributed by atoms with Crippen molar-refractivity contribution in [3.63, 3.8) is 0 Å². The fourth-order valence-electron chi connectivity index (χ4n) is 10.3. The summed E-state index contributed by atoms with van der Waals surface area (Å²) in [5, 5.41) is 20.7. The number of ether oxygens (including phenoxy) is 3. The monoisotopic (exact) mass is 1510 g/mol. The second-order valence-corrected chi connectivity index (χ2v) is 29.4. The maximum Gasteiger partial charge on any atom is 0.472 e. The second kappa shape index (κ2) is 78.5. The van der Waals surface area contributed by atoms with Crippen molar-refractivity contribution in [2.75, 3.05) is 39.6 Å². The summed E-state index contributed by atoms with van der Waals surface area (Å²) in [6, 6.07) is 0. The highest BCUT2D eigenvalue weighted by Crippen LogP contribution is 2.45. The van der Waals surface area contributed by atoms with Crippen molar-refractivity contribution in [2.45, 2.75) is 322 Å². The van der Waals surface area contributed by atoms with Crippen LogP contribution in [0.2, 0.25) is 0 Å². The van der Waals surface area contributed by atoms with Crippen LogP contribution in [0.3, 0.4) is 0 Å². The number of aliphatic hydroxyl groups is 2. The molecule has 105 heavy (non-hydrogen) atoms. The van der Waals surface area contributed by atoms with Crippen molar-refractivity contribution < 1.29 is 75.8 Å². The van der Waals surface area contributed by atoms with Crippen LogP contribution in [-0.2, 0) is 55.8 Å². The maximum atomic E-state index is 13.0. The quantitative estimate of drug-likeness (QED) is 0.0146. The van der Waals surface area contributed by atoms with E-state index >= 15 is 0 Å². The van der Waals surface area contributed by atoms with Crippen LogP contribution >= 0.6 is 15.6 Å². The van der Waals surface area contributed by atoms with Gasteiger partial charge in [-0.15, -0.1) is 0 Å². The van der Waals surface area contributed by atoms with Gasteiger partial charge < -0.3 is 34.2 Å². The van der Waals surface area contributed by atoms with E-state index in [4.69, 9.17) is 32.3 Å². The summed E-state index contributed by atoms with van der Waals surface area (Å²) >= 11 is 0. The summed E-state index contributed by atoms with van der Waals surface area (Å²) in [5.74, 6) is -1.69. The molecular weight excluding hydrogens is 1360 g/mol. The molecule has 0 heterocycles. The van der Waals surface area contributed by atoms with E-state index < -0.39 is 91.5 Å². The van der Waals surface area contributed by atoms with Gasteiger partial charge in [-0.2, -0.15) is 0 Å². The molecule has 0 fully saturated rings. The van der Waals surface area contributed by atoms with Gasteiger partial charge in [-0.25, -0.2) is 9.13 Å². The van der Waals surface area contributed by atoms with Gasteiger partial charge >= 0.3 is 33.6 Å². The SMILES string of the molecule is CC/C=C\C/C=C\C/C=C\C/C=C\C/C=C\C/C=C\CCC(=O)OC(COC(=O)CCCCCCCCCCC/C=C\C/C=C\C/C=C\C/C=C\CCCCC)COP(=O)(O)OCC(O)COP(=O)(O)OCC(O)COC(=O)CCCCCCCCCCC/C=C\C/C=C\C/C=C\C/C=C\CCCCC. The van der Waals surface area contributed by atoms with Crippen LogP contribution in [0.5, 0.6) is 0 Å². The summed E-state index contributed by atoms with van der Waals surface area (Å²) in [4.78, 5) is 58.7. The Balaban J connectivity index is 4.73. The van der Waals surface area contributed by atoms with E-state index in [-0.39, 0.29) is 19.3 Å². The average molecular weight is 1510 g/mol. The van der Waals surface area contributed by atoms with E-state index in [1.54, 1.807) is 0 Å². The number of esters is 3. The van der Waals surface area contributed by atoms with Crippen molar-refractivity contribution in [2.24, 2.45) is 0 Å². The minimum absolute atomic E-state index is 0.0282. The third kappa shape index (κ3) is 79.8. The van der Waals surface area contributed by atoms with Crippen LogP contribution in [0.1, 0.15) is 303 Å². The number of phosphoric acid groups is 2. The number of phosphoric ester groups is 2. The fraction of sp³-hybridized carbons (Fsp3) is 0.644. The van der Waals surface area contributed by atoms with E-state index in [0.29, 0.717) is 25.7 Å². The highest BCUT2D eigenvalue weighted by Gasteiger charge is 2.29. The van der Waals surface area contributed by atoms with Crippen molar-refractivity contribution in [1.29, 1.82) is 0 Å². The first-order valence-corrected chi connectivity index (χ1v) is 43.4. The van der Waals surface area contributed by atoms with Crippen molar-refractivity contribution >= 4 is 33.6 Å². The predicted molar refractivity (Wildman–Crippen MR) is 435 cm³/mol. The Hall–Kier alpha value is -5.09. The highest BCUT2D eigenvalue weighted by molar-refractivity contribution is 7.47. The zero-order chi connectivity index (χ0) is 76.6. The Labute approximate surface area is 637 Å². The number of allylic oxidation sites excluding steroid dienone is 28. The van der Waals surface area contributed by atoms with Crippen LogP contribution in [0, 0.1) is 0 Å². The number of carbonyl (C=O) groups is 3. The minimum atomic E-state index is -4.96. The summed E-state index contributed by atoms with van der Waals surface area (Å²) < 4.78 is 61.1. The molecule has 0 amide bonds. The number of unbranched alkanes of at least 4 members (excludes halogenated alkanes) is 24. The molecule has 0 aromatic carbocycles. The molecule has 0 aliphatic rings. The number of rotatable bonds is 75. The Morgan fingerprint density at radius 2 is 0.524 bits per heavy atom. The van der Waals surface area contributed by atoms with Crippen molar-refractivity contribution in [1.82, 2.24) is 0 Å². The molecule has 0 aliphatic carbocycles. The normalized spacial score (nSPS) is 14.8. The van der Waals surface area contributed by atoms with Crippen LogP contribution in [0.4, 0.5) is 0 Å². The largest absolute Gasteiger partial charge is 0.472 e. The van der Waals surface area contributed by atoms with E-state index in [2.05, 4.69) is 173 Å². The molecule has 0 bridgehead atoms. The van der Waals surface area contributed by atoms with Gasteiger partial charge in [-0.05, 0) is 148 Å². The Bertz CT molecular complexity index is 2590. The van der Waals surface area contributed by atoms with Crippen molar-refractivity contribution in [3.8, 4) is 0 Å². The van der Waals surface area contributed by atoms with Crippen LogP contribution in [0.25, 0.3) is 0 Å². The molecule has 5 atom stereocenters. The lowest BCUT2D eigenvalue weighted by Crippen LogP contribution is -2.29. The number of aliphatic hydroxyl groups excluding tert-OH is 2. The molecule has 0 rings (SSSR count). The molecule has 4 N–H and O–H groups in total. The second-order valence-electron chi connectivity index (χ2n) is 26.5. The summed E-state index contributed by atoms with van der Waals surface area (Å²) in [6.45, 7) is 2.40. The van der Waals surface area contributed by atoms with Gasteiger partial charge in [0, 0.05) is 19.3 Å². The fourth-order valence-corrected chi connectivity index (χ4v) is 11.9. The third-order valence-electron chi connectivity index (χ3n) is 16.4. The first-order chi connectivity index (χ1) is 51.2. The van der Waals surface area contributed by atoms with E-state index in [9.17, 15) is 43.5 Å². The van der Waals surface area contributed by atoms with Crippen LogP contribution < -0.4 is 0 Å². The predicted octanol–water partition coefficient (Wildman–Crippen LogP) is 24.0. The zero-order valence-electron chi connectivity index (χ0n) is 65.3. The van der Waals surface area contributed by atoms with E-state index in [1.807, 2.05) is 18.2 Å². The summed E-state index contributed by atoms with van der Waals surface area (Å²) in [5.41, 5.74) is 0. The van der Waals surface area contributed by atoms with Gasteiger partial charge in [0.05, 0.1) is 26.4 Å².